The number of benzene rings is 2. The van der Waals surface area contributed by atoms with Crippen LogP contribution in [-0.4, -0.2) is 52.2 Å². The first-order chi connectivity index (χ1) is 14.7. The van der Waals surface area contributed by atoms with E-state index in [0.717, 1.165) is 5.56 Å². The number of carbonyl (C=O) groups excluding carboxylic acids is 1. The molecule has 168 valence electrons. The molecule has 6 heteroatoms. The highest BCUT2D eigenvalue weighted by atomic mass is 16.5. The third kappa shape index (κ3) is 8.53. The summed E-state index contributed by atoms with van der Waals surface area (Å²) in [5.41, 5.74) is 1.15. The fraction of sp³-hybridized carbons (Fsp3) is 0.400. The summed E-state index contributed by atoms with van der Waals surface area (Å²) in [5.74, 6) is 0.618. The van der Waals surface area contributed by atoms with E-state index in [1.165, 1.54) is 13.8 Å². The van der Waals surface area contributed by atoms with Crippen molar-refractivity contribution in [2.75, 3.05) is 13.2 Å². The molecule has 0 radical (unpaired) electrons. The predicted molar refractivity (Wildman–Crippen MR) is 121 cm³/mol. The zero-order chi connectivity index (χ0) is 22.9. The van der Waals surface area contributed by atoms with E-state index >= 15 is 0 Å². The van der Waals surface area contributed by atoms with Crippen LogP contribution >= 0.6 is 0 Å². The monoisotopic (exact) mass is 427 g/mol. The molecule has 0 aliphatic heterocycles. The standard InChI is InChI=1S/C25H33NO5/c1-18(22(27)17-23(28)25(2,3)30)14-16-31-21-11-9-19(10-12-21)13-15-26-24(29)20-7-5-4-6-8-20/h4-12,14,22-23,27-28,30H,13,15-17H2,1-3H3,(H,26,29)/t22-,23+/m1/s1. The highest BCUT2D eigenvalue weighted by Crippen LogP contribution is 2.18. The van der Waals surface area contributed by atoms with Crippen LogP contribution in [0, 0.1) is 0 Å². The van der Waals surface area contributed by atoms with E-state index in [2.05, 4.69) is 5.32 Å². The van der Waals surface area contributed by atoms with Gasteiger partial charge in [-0.1, -0.05) is 30.3 Å². The van der Waals surface area contributed by atoms with E-state index in [9.17, 15) is 20.1 Å². The van der Waals surface area contributed by atoms with Gasteiger partial charge in [0.05, 0.1) is 17.8 Å². The zero-order valence-electron chi connectivity index (χ0n) is 18.4. The van der Waals surface area contributed by atoms with Crippen LogP contribution in [0.5, 0.6) is 5.75 Å². The van der Waals surface area contributed by atoms with Crippen molar-refractivity contribution in [2.45, 2.75) is 51.4 Å². The molecule has 0 spiro atoms. The van der Waals surface area contributed by atoms with E-state index in [4.69, 9.17) is 4.74 Å². The second-order valence-electron chi connectivity index (χ2n) is 8.20. The number of rotatable bonds is 11. The number of aliphatic hydroxyl groups is 3. The Bertz CT molecular complexity index is 840. The molecular formula is C25H33NO5. The largest absolute Gasteiger partial charge is 0.490 e. The minimum absolute atomic E-state index is 0.0569. The quantitative estimate of drug-likeness (QED) is 0.413. The molecule has 2 atom stereocenters. The average Bonchev–Trinajstić information content (AvgIpc) is 2.74. The molecule has 0 saturated carbocycles. The normalized spacial score (nSPS) is 14.1. The molecule has 0 fully saturated rings. The molecule has 4 N–H and O–H groups in total. The molecule has 2 rings (SSSR count). The smallest absolute Gasteiger partial charge is 0.251 e. The van der Waals surface area contributed by atoms with E-state index < -0.39 is 17.8 Å². The van der Waals surface area contributed by atoms with E-state index in [-0.39, 0.29) is 18.9 Å². The Balaban J connectivity index is 1.74. The van der Waals surface area contributed by atoms with Crippen LogP contribution in [0.4, 0.5) is 0 Å². The van der Waals surface area contributed by atoms with E-state index in [1.807, 2.05) is 42.5 Å². The molecule has 0 saturated heterocycles. The Hall–Kier alpha value is -2.67. The summed E-state index contributed by atoms with van der Waals surface area (Å²) in [5, 5.41) is 32.7. The first-order valence-corrected chi connectivity index (χ1v) is 10.5. The van der Waals surface area contributed by atoms with Crippen molar-refractivity contribution in [3.8, 4) is 5.75 Å². The molecule has 0 bridgehead atoms. The van der Waals surface area contributed by atoms with E-state index in [0.29, 0.717) is 29.9 Å². The molecule has 2 aromatic rings. The summed E-state index contributed by atoms with van der Waals surface area (Å²) < 4.78 is 5.69. The third-order valence-corrected chi connectivity index (χ3v) is 5.10. The van der Waals surface area contributed by atoms with Gasteiger partial charge in [-0.05, 0) is 68.7 Å². The van der Waals surface area contributed by atoms with Crippen LogP contribution in [0.25, 0.3) is 0 Å². The first-order valence-electron chi connectivity index (χ1n) is 10.5. The molecule has 1 amide bonds. The Morgan fingerprint density at radius 1 is 1.10 bits per heavy atom. The summed E-state index contributed by atoms with van der Waals surface area (Å²) in [4.78, 5) is 12.0. The van der Waals surface area contributed by atoms with Crippen molar-refractivity contribution >= 4 is 5.91 Å². The van der Waals surface area contributed by atoms with Crippen molar-refractivity contribution < 1.29 is 24.9 Å². The lowest BCUT2D eigenvalue weighted by atomic mass is 9.94. The van der Waals surface area contributed by atoms with Gasteiger partial charge in [0.2, 0.25) is 0 Å². The molecule has 6 nitrogen and oxygen atoms in total. The minimum Gasteiger partial charge on any atom is -0.490 e. The highest BCUT2D eigenvalue weighted by Gasteiger charge is 2.27. The van der Waals surface area contributed by atoms with Gasteiger partial charge in [0, 0.05) is 18.5 Å². The summed E-state index contributed by atoms with van der Waals surface area (Å²) in [6, 6.07) is 16.8. The Labute approximate surface area is 184 Å². The second kappa shape index (κ2) is 11.6. The maximum Gasteiger partial charge on any atom is 0.251 e. The number of hydrogen-bond acceptors (Lipinski definition) is 5. The summed E-state index contributed by atoms with van der Waals surface area (Å²) in [7, 11) is 0. The van der Waals surface area contributed by atoms with Crippen molar-refractivity contribution in [1.29, 1.82) is 0 Å². The first kappa shape index (κ1) is 24.6. The van der Waals surface area contributed by atoms with Crippen molar-refractivity contribution in [2.24, 2.45) is 0 Å². The lowest BCUT2D eigenvalue weighted by Crippen LogP contribution is -2.38. The predicted octanol–water partition coefficient (Wildman–Crippen LogP) is 2.87. The van der Waals surface area contributed by atoms with Gasteiger partial charge >= 0.3 is 0 Å². The van der Waals surface area contributed by atoms with Crippen molar-refractivity contribution in [3.05, 3.63) is 77.4 Å². The van der Waals surface area contributed by atoms with E-state index in [1.54, 1.807) is 25.1 Å². The van der Waals surface area contributed by atoms with Gasteiger partial charge in [-0.3, -0.25) is 4.79 Å². The number of aliphatic hydroxyl groups excluding tert-OH is 2. The lowest BCUT2D eigenvalue weighted by Gasteiger charge is -2.26. The molecular weight excluding hydrogens is 394 g/mol. The second-order valence-corrected chi connectivity index (χ2v) is 8.20. The lowest BCUT2D eigenvalue weighted by molar-refractivity contribution is -0.0640. The van der Waals surface area contributed by atoms with Gasteiger partial charge in [-0.2, -0.15) is 0 Å². The van der Waals surface area contributed by atoms with Crippen LogP contribution in [0.2, 0.25) is 0 Å². The Morgan fingerprint density at radius 3 is 2.35 bits per heavy atom. The number of hydrogen-bond donors (Lipinski definition) is 4. The summed E-state index contributed by atoms with van der Waals surface area (Å²) in [6.07, 6.45) is 0.666. The average molecular weight is 428 g/mol. The van der Waals surface area contributed by atoms with Gasteiger partial charge in [0.25, 0.3) is 5.91 Å². The molecule has 2 aromatic carbocycles. The third-order valence-electron chi connectivity index (χ3n) is 5.10. The van der Waals surface area contributed by atoms with Crippen LogP contribution in [-0.2, 0) is 6.42 Å². The molecule has 0 aromatic heterocycles. The summed E-state index contributed by atoms with van der Waals surface area (Å²) >= 11 is 0. The van der Waals surface area contributed by atoms with Crippen LogP contribution in [0.1, 0.15) is 43.1 Å². The van der Waals surface area contributed by atoms with Gasteiger partial charge in [-0.25, -0.2) is 0 Å². The number of nitrogens with one attached hydrogen (secondary N) is 1. The SMILES string of the molecule is CC(=CCOc1ccc(CCNC(=O)c2ccccc2)cc1)[C@H](O)C[C@H](O)C(C)(C)O. The maximum absolute atomic E-state index is 12.0. The number of ether oxygens (including phenoxy) is 1. The van der Waals surface area contributed by atoms with Gasteiger partial charge < -0.3 is 25.4 Å². The molecule has 0 heterocycles. The Kier molecular flexibility index (Phi) is 9.24. The molecule has 0 aliphatic carbocycles. The summed E-state index contributed by atoms with van der Waals surface area (Å²) in [6.45, 7) is 5.61. The van der Waals surface area contributed by atoms with Crippen molar-refractivity contribution in [3.63, 3.8) is 0 Å². The van der Waals surface area contributed by atoms with Crippen LogP contribution in [0.15, 0.2) is 66.2 Å². The topological polar surface area (TPSA) is 99.0 Å². The van der Waals surface area contributed by atoms with Gasteiger partial charge in [-0.15, -0.1) is 0 Å². The molecule has 31 heavy (non-hydrogen) atoms. The minimum atomic E-state index is -1.26. The number of carbonyl (C=O) groups is 1. The fourth-order valence-electron chi connectivity index (χ4n) is 2.86. The molecule has 0 unspecified atom stereocenters. The highest BCUT2D eigenvalue weighted by molar-refractivity contribution is 5.94. The molecule has 0 aliphatic rings. The van der Waals surface area contributed by atoms with Crippen molar-refractivity contribution in [1.82, 2.24) is 5.32 Å². The number of amides is 1. The van der Waals surface area contributed by atoms with Crippen LogP contribution < -0.4 is 10.1 Å². The van der Waals surface area contributed by atoms with Gasteiger partial charge in [0.1, 0.15) is 12.4 Å². The zero-order valence-corrected chi connectivity index (χ0v) is 18.4. The fourth-order valence-corrected chi connectivity index (χ4v) is 2.86. The Morgan fingerprint density at radius 2 is 1.74 bits per heavy atom. The van der Waals surface area contributed by atoms with Gasteiger partial charge in [0.15, 0.2) is 0 Å². The van der Waals surface area contributed by atoms with Crippen LogP contribution in [0.3, 0.4) is 0 Å². The maximum atomic E-state index is 12.0.